The summed E-state index contributed by atoms with van der Waals surface area (Å²) in [7, 11) is 0. The number of aromatic nitrogens is 2. The minimum absolute atomic E-state index is 0.310. The molecule has 0 fully saturated rings. The zero-order valence-electron chi connectivity index (χ0n) is 7.87. The number of rotatable bonds is 3. The first-order valence-electron chi connectivity index (χ1n) is 4.27. The predicted octanol–water partition coefficient (Wildman–Crippen LogP) is 3.43. The zero-order valence-corrected chi connectivity index (χ0v) is 11.0. The van der Waals surface area contributed by atoms with Crippen LogP contribution < -0.4 is 5.69 Å². The van der Waals surface area contributed by atoms with Crippen LogP contribution in [0.15, 0.2) is 27.3 Å². The highest BCUT2D eigenvalue weighted by atomic mass is 35.5. The van der Waals surface area contributed by atoms with Crippen LogP contribution in [0.25, 0.3) is 0 Å². The van der Waals surface area contributed by atoms with Crippen LogP contribution in [0.4, 0.5) is 0 Å². The molecule has 0 aliphatic heterocycles. The SMILES string of the molecule is O=c1nc(SCc2ccc(Cl)cc2Cl)s[nH]1. The Hall–Kier alpha value is -0.490. The molecule has 2 rings (SSSR count). The Morgan fingerprint density at radius 2 is 2.25 bits per heavy atom. The van der Waals surface area contributed by atoms with Crippen LogP contribution in [0.3, 0.4) is 0 Å². The summed E-state index contributed by atoms with van der Waals surface area (Å²) in [5.74, 6) is 0.663. The number of benzene rings is 1. The third-order valence-electron chi connectivity index (χ3n) is 1.78. The van der Waals surface area contributed by atoms with E-state index < -0.39 is 0 Å². The third-order valence-corrected chi connectivity index (χ3v) is 4.31. The lowest BCUT2D eigenvalue weighted by atomic mass is 10.2. The standard InChI is InChI=1S/C9H6Cl2N2OS2/c10-6-2-1-5(7(11)3-6)4-15-9-12-8(14)13-16-9/h1-3H,4H2,(H,13,14). The van der Waals surface area contributed by atoms with E-state index in [1.165, 1.54) is 23.3 Å². The maximum absolute atomic E-state index is 10.8. The van der Waals surface area contributed by atoms with Gasteiger partial charge >= 0.3 is 5.69 Å². The molecule has 2 aromatic rings. The summed E-state index contributed by atoms with van der Waals surface area (Å²) in [6.07, 6.45) is 0. The van der Waals surface area contributed by atoms with Crippen molar-refractivity contribution in [3.63, 3.8) is 0 Å². The second kappa shape index (κ2) is 5.23. The molecule has 1 N–H and O–H groups in total. The maximum atomic E-state index is 10.8. The minimum atomic E-state index is -0.310. The van der Waals surface area contributed by atoms with Crippen molar-refractivity contribution < 1.29 is 0 Å². The summed E-state index contributed by atoms with van der Waals surface area (Å²) >= 11 is 14.5. The minimum Gasteiger partial charge on any atom is -0.259 e. The number of nitrogens with zero attached hydrogens (tertiary/aromatic N) is 1. The quantitative estimate of drug-likeness (QED) is 0.882. The third kappa shape index (κ3) is 3.01. The predicted molar refractivity (Wildman–Crippen MR) is 68.8 cm³/mol. The van der Waals surface area contributed by atoms with Gasteiger partial charge in [0.2, 0.25) is 0 Å². The van der Waals surface area contributed by atoms with Crippen LogP contribution in [-0.4, -0.2) is 9.36 Å². The normalized spacial score (nSPS) is 10.6. The van der Waals surface area contributed by atoms with Crippen LogP contribution in [0.2, 0.25) is 10.0 Å². The first kappa shape index (κ1) is 12.0. The molecule has 0 saturated heterocycles. The van der Waals surface area contributed by atoms with E-state index in [4.69, 9.17) is 23.2 Å². The lowest BCUT2D eigenvalue weighted by Gasteiger charge is -2.02. The summed E-state index contributed by atoms with van der Waals surface area (Å²) in [4.78, 5) is 14.6. The summed E-state index contributed by atoms with van der Waals surface area (Å²) in [6, 6.07) is 5.36. The molecule has 0 aliphatic carbocycles. The van der Waals surface area contributed by atoms with E-state index in [9.17, 15) is 4.79 Å². The highest BCUT2D eigenvalue weighted by Crippen LogP contribution is 2.28. The first-order valence-corrected chi connectivity index (χ1v) is 6.83. The fourth-order valence-corrected chi connectivity index (χ4v) is 3.17. The molecule has 0 unspecified atom stereocenters. The number of thioether (sulfide) groups is 1. The molecular formula is C9H6Cl2N2OS2. The Kier molecular flexibility index (Phi) is 3.91. The number of aromatic amines is 1. The summed E-state index contributed by atoms with van der Waals surface area (Å²) in [5, 5.41) is 1.24. The number of hydrogen-bond acceptors (Lipinski definition) is 4. The monoisotopic (exact) mass is 292 g/mol. The van der Waals surface area contributed by atoms with Crippen LogP contribution in [0, 0.1) is 0 Å². The molecule has 3 nitrogen and oxygen atoms in total. The van der Waals surface area contributed by atoms with Gasteiger partial charge in [-0.1, -0.05) is 41.0 Å². The maximum Gasteiger partial charge on any atom is 0.356 e. The van der Waals surface area contributed by atoms with E-state index in [0.717, 1.165) is 5.56 Å². The topological polar surface area (TPSA) is 45.8 Å². The van der Waals surface area contributed by atoms with Crippen molar-refractivity contribution in [2.75, 3.05) is 0 Å². The molecule has 84 valence electrons. The van der Waals surface area contributed by atoms with Crippen molar-refractivity contribution in [1.29, 1.82) is 0 Å². The van der Waals surface area contributed by atoms with E-state index in [0.29, 0.717) is 20.1 Å². The molecule has 0 radical (unpaired) electrons. The molecule has 16 heavy (non-hydrogen) atoms. The average Bonchev–Trinajstić information content (AvgIpc) is 2.63. The Labute approximate surface area is 110 Å². The Morgan fingerprint density at radius 1 is 1.44 bits per heavy atom. The highest BCUT2D eigenvalue weighted by Gasteiger charge is 2.04. The second-order valence-corrected chi connectivity index (χ2v) is 5.77. The van der Waals surface area contributed by atoms with Crippen LogP contribution in [0.1, 0.15) is 5.56 Å². The molecule has 0 spiro atoms. The molecule has 1 heterocycles. The molecular weight excluding hydrogens is 287 g/mol. The fraction of sp³-hybridized carbons (Fsp3) is 0.111. The van der Waals surface area contributed by atoms with Gasteiger partial charge in [0.1, 0.15) is 0 Å². The Morgan fingerprint density at radius 3 is 2.88 bits per heavy atom. The number of H-pyrrole nitrogens is 1. The largest absolute Gasteiger partial charge is 0.356 e. The van der Waals surface area contributed by atoms with Gasteiger partial charge in [-0.25, -0.2) is 4.79 Å². The van der Waals surface area contributed by atoms with Crippen LogP contribution in [-0.2, 0) is 5.75 Å². The van der Waals surface area contributed by atoms with Gasteiger partial charge in [-0.3, -0.25) is 4.37 Å². The van der Waals surface area contributed by atoms with Gasteiger partial charge in [0.05, 0.1) is 0 Å². The van der Waals surface area contributed by atoms with Gasteiger partial charge in [-0.15, -0.1) is 0 Å². The lowest BCUT2D eigenvalue weighted by molar-refractivity contribution is 1.13. The van der Waals surface area contributed by atoms with Crippen molar-refractivity contribution >= 4 is 46.5 Å². The van der Waals surface area contributed by atoms with Gasteiger partial charge < -0.3 is 0 Å². The van der Waals surface area contributed by atoms with Gasteiger partial charge in [0.15, 0.2) is 4.34 Å². The Bertz CT molecular complexity index is 552. The van der Waals surface area contributed by atoms with E-state index in [2.05, 4.69) is 9.36 Å². The average molecular weight is 293 g/mol. The summed E-state index contributed by atoms with van der Waals surface area (Å²) in [6.45, 7) is 0. The van der Waals surface area contributed by atoms with Crippen molar-refractivity contribution in [3.05, 3.63) is 44.3 Å². The fourth-order valence-electron chi connectivity index (χ4n) is 1.06. The molecule has 7 heteroatoms. The molecule has 0 atom stereocenters. The Balaban J connectivity index is 2.07. The zero-order chi connectivity index (χ0) is 11.5. The van der Waals surface area contributed by atoms with E-state index >= 15 is 0 Å². The molecule has 0 bridgehead atoms. The number of halogens is 2. The van der Waals surface area contributed by atoms with E-state index in [1.807, 2.05) is 6.07 Å². The van der Waals surface area contributed by atoms with Gasteiger partial charge in [-0.05, 0) is 29.2 Å². The highest BCUT2D eigenvalue weighted by molar-refractivity contribution is 8.00. The van der Waals surface area contributed by atoms with Gasteiger partial charge in [-0.2, -0.15) is 4.98 Å². The van der Waals surface area contributed by atoms with Crippen molar-refractivity contribution in [2.24, 2.45) is 0 Å². The van der Waals surface area contributed by atoms with Crippen LogP contribution >= 0.6 is 46.5 Å². The van der Waals surface area contributed by atoms with Crippen molar-refractivity contribution in [2.45, 2.75) is 10.1 Å². The number of nitrogens with one attached hydrogen (secondary N) is 1. The van der Waals surface area contributed by atoms with Gasteiger partial charge in [0.25, 0.3) is 0 Å². The van der Waals surface area contributed by atoms with E-state index in [-0.39, 0.29) is 5.69 Å². The second-order valence-electron chi connectivity index (χ2n) is 2.91. The van der Waals surface area contributed by atoms with E-state index in [1.54, 1.807) is 12.1 Å². The lowest BCUT2D eigenvalue weighted by Crippen LogP contribution is -1.99. The van der Waals surface area contributed by atoms with Crippen LogP contribution in [0.5, 0.6) is 0 Å². The van der Waals surface area contributed by atoms with Gasteiger partial charge in [0, 0.05) is 15.8 Å². The first-order chi connectivity index (χ1) is 7.65. The molecule has 1 aromatic carbocycles. The molecule has 0 aliphatic rings. The molecule has 0 saturated carbocycles. The molecule has 0 amide bonds. The molecule has 1 aromatic heterocycles. The van der Waals surface area contributed by atoms with Crippen molar-refractivity contribution in [3.8, 4) is 0 Å². The smallest absolute Gasteiger partial charge is 0.259 e. The summed E-state index contributed by atoms with van der Waals surface area (Å²) < 4.78 is 3.23. The van der Waals surface area contributed by atoms with Crippen molar-refractivity contribution in [1.82, 2.24) is 9.36 Å². The summed E-state index contributed by atoms with van der Waals surface area (Å²) in [5.41, 5.74) is 0.661. The number of hydrogen-bond donors (Lipinski definition) is 1.